The lowest BCUT2D eigenvalue weighted by molar-refractivity contribution is -0.125. The highest BCUT2D eigenvalue weighted by molar-refractivity contribution is 6.00. The fourth-order valence-corrected chi connectivity index (χ4v) is 3.27. The third kappa shape index (κ3) is 3.79. The van der Waals surface area contributed by atoms with E-state index < -0.39 is 0 Å². The van der Waals surface area contributed by atoms with E-state index in [1.165, 1.54) is 12.1 Å². The zero-order chi connectivity index (χ0) is 20.3. The van der Waals surface area contributed by atoms with E-state index in [0.717, 1.165) is 27.6 Å². The molecule has 146 valence electrons. The molecule has 3 aromatic rings. The number of likely N-dealkylation sites (N-methyl/N-ethyl adjacent to an activating group) is 1. The molecular weight excluding hydrogens is 357 g/mol. The van der Waals surface area contributed by atoms with Crippen LogP contribution in [0.1, 0.15) is 26.3 Å². The molecule has 0 bridgehead atoms. The zero-order valence-electron chi connectivity index (χ0n) is 16.6. The summed E-state index contributed by atoms with van der Waals surface area (Å²) in [6.07, 6.45) is 3.29. The second-order valence-electron chi connectivity index (χ2n) is 6.54. The van der Waals surface area contributed by atoms with Crippen LogP contribution in [-0.2, 0) is 4.79 Å². The minimum Gasteiger partial charge on any atom is -0.496 e. The number of ether oxygens (including phenoxy) is 1. The summed E-state index contributed by atoms with van der Waals surface area (Å²) in [5, 5.41) is 0.880. The van der Waals surface area contributed by atoms with Crippen LogP contribution in [0.4, 0.5) is 4.39 Å². The van der Waals surface area contributed by atoms with Gasteiger partial charge < -0.3 is 14.1 Å². The highest BCUT2D eigenvalue weighted by atomic mass is 19.1. The highest BCUT2D eigenvalue weighted by Crippen LogP contribution is 2.37. The minimum absolute atomic E-state index is 0.0319. The molecule has 1 heterocycles. The first-order valence-corrected chi connectivity index (χ1v) is 9.31. The molecule has 0 unspecified atom stereocenters. The van der Waals surface area contributed by atoms with Gasteiger partial charge in [0.25, 0.3) is 0 Å². The topological polar surface area (TPSA) is 42.7 Å². The van der Waals surface area contributed by atoms with E-state index in [1.54, 1.807) is 36.5 Å². The van der Waals surface area contributed by atoms with E-state index in [-0.39, 0.29) is 11.7 Å². The van der Waals surface area contributed by atoms with E-state index in [0.29, 0.717) is 24.4 Å². The van der Waals surface area contributed by atoms with Gasteiger partial charge in [-0.15, -0.1) is 0 Å². The summed E-state index contributed by atoms with van der Waals surface area (Å²) < 4.78 is 24.5. The number of fused-ring (bicyclic) bond motifs is 1. The second-order valence-corrected chi connectivity index (χ2v) is 6.54. The Kier molecular flexibility index (Phi) is 5.83. The molecule has 0 N–H and O–H groups in total. The van der Waals surface area contributed by atoms with E-state index in [4.69, 9.17) is 9.15 Å². The fraction of sp³-hybridized carbons (Fsp3) is 0.261. The van der Waals surface area contributed by atoms with Crippen molar-refractivity contribution < 1.29 is 18.3 Å². The Morgan fingerprint density at radius 1 is 1.18 bits per heavy atom. The van der Waals surface area contributed by atoms with Gasteiger partial charge in [0.05, 0.1) is 13.4 Å². The summed E-state index contributed by atoms with van der Waals surface area (Å²) in [4.78, 5) is 14.2. The number of hydrogen-bond acceptors (Lipinski definition) is 3. The molecule has 1 aromatic heterocycles. The van der Waals surface area contributed by atoms with Gasteiger partial charge in [-0.2, -0.15) is 0 Å². The van der Waals surface area contributed by atoms with Crippen LogP contribution in [0.3, 0.4) is 0 Å². The van der Waals surface area contributed by atoms with Crippen LogP contribution in [-0.4, -0.2) is 31.0 Å². The first kappa shape index (κ1) is 19.7. The molecule has 0 aliphatic rings. The summed E-state index contributed by atoms with van der Waals surface area (Å²) in [6, 6.07) is 10.1. The first-order valence-electron chi connectivity index (χ1n) is 9.31. The van der Waals surface area contributed by atoms with Gasteiger partial charge >= 0.3 is 0 Å². The summed E-state index contributed by atoms with van der Waals surface area (Å²) >= 11 is 0. The normalized spacial score (nSPS) is 11.7. The number of methoxy groups -OCH3 is 1. The maximum absolute atomic E-state index is 13.3. The van der Waals surface area contributed by atoms with E-state index in [2.05, 4.69) is 0 Å². The lowest BCUT2D eigenvalue weighted by atomic mass is 9.99. The Balaban J connectivity index is 2.10. The number of nitrogens with zero attached hydrogens (tertiary/aromatic N) is 1. The van der Waals surface area contributed by atoms with Crippen LogP contribution in [0.5, 0.6) is 5.75 Å². The van der Waals surface area contributed by atoms with Gasteiger partial charge in [0.1, 0.15) is 17.1 Å². The Labute approximate surface area is 164 Å². The third-order valence-corrected chi connectivity index (χ3v) is 4.89. The molecule has 3 rings (SSSR count). The number of rotatable bonds is 6. The van der Waals surface area contributed by atoms with Crippen LogP contribution < -0.4 is 4.74 Å². The first-order chi connectivity index (χ1) is 13.5. The van der Waals surface area contributed by atoms with E-state index in [1.807, 2.05) is 32.9 Å². The average molecular weight is 381 g/mol. The van der Waals surface area contributed by atoms with Crippen LogP contribution >= 0.6 is 0 Å². The Morgan fingerprint density at radius 3 is 2.46 bits per heavy atom. The zero-order valence-corrected chi connectivity index (χ0v) is 16.6. The lowest BCUT2D eigenvalue weighted by Crippen LogP contribution is -2.28. The number of halogens is 1. The van der Waals surface area contributed by atoms with Crippen LogP contribution in [0.2, 0.25) is 0 Å². The maximum Gasteiger partial charge on any atom is 0.246 e. The molecular formula is C23H24FNO3. The Bertz CT molecular complexity index is 1010. The van der Waals surface area contributed by atoms with Gasteiger partial charge in [-0.05, 0) is 50.1 Å². The number of furan rings is 1. The number of hydrogen-bond donors (Lipinski definition) is 0. The number of benzene rings is 2. The molecule has 0 radical (unpaired) electrons. The number of amides is 1. The van der Waals surface area contributed by atoms with Crippen molar-refractivity contribution in [2.24, 2.45) is 0 Å². The van der Waals surface area contributed by atoms with Crippen LogP contribution in [0.25, 0.3) is 27.7 Å². The SMILES string of the molecule is CCN(CC)C(=O)/C=C(\C)c1cc2c(-c3ccc(F)cc3)coc2cc1OC. The molecule has 4 nitrogen and oxygen atoms in total. The molecule has 0 spiro atoms. The van der Waals surface area contributed by atoms with Gasteiger partial charge in [-0.1, -0.05) is 12.1 Å². The predicted octanol–water partition coefficient (Wildman–Crippen LogP) is 5.52. The Morgan fingerprint density at radius 2 is 1.86 bits per heavy atom. The number of allylic oxidation sites excluding steroid dienone is 1. The van der Waals surface area contributed by atoms with Crippen molar-refractivity contribution in [3.8, 4) is 16.9 Å². The molecule has 0 aliphatic heterocycles. The number of carbonyl (C=O) groups is 1. The third-order valence-electron chi connectivity index (χ3n) is 4.89. The largest absolute Gasteiger partial charge is 0.496 e. The van der Waals surface area contributed by atoms with Crippen LogP contribution in [0, 0.1) is 5.82 Å². The molecule has 28 heavy (non-hydrogen) atoms. The van der Waals surface area contributed by atoms with Gasteiger partial charge in [0, 0.05) is 41.7 Å². The molecule has 1 amide bonds. The maximum atomic E-state index is 13.3. The standard InChI is InChI=1S/C23H24FNO3/c1-5-25(6-2)23(26)11-15(3)18-12-19-20(16-7-9-17(24)10-8-16)14-28-22(19)13-21(18)27-4/h7-14H,5-6H2,1-4H3/b15-11+. The average Bonchev–Trinajstić information content (AvgIpc) is 3.11. The minimum atomic E-state index is -0.285. The van der Waals surface area contributed by atoms with E-state index in [9.17, 15) is 9.18 Å². The molecule has 2 aromatic carbocycles. The monoisotopic (exact) mass is 381 g/mol. The molecule has 5 heteroatoms. The Hall–Kier alpha value is -3.08. The molecule has 0 fully saturated rings. The molecule has 0 saturated carbocycles. The number of carbonyl (C=O) groups excluding carboxylic acids is 1. The van der Waals surface area contributed by atoms with Crippen molar-refractivity contribution in [1.29, 1.82) is 0 Å². The van der Waals surface area contributed by atoms with Crippen molar-refractivity contribution in [2.75, 3.05) is 20.2 Å². The summed E-state index contributed by atoms with van der Waals surface area (Å²) in [6.45, 7) is 7.12. The van der Waals surface area contributed by atoms with Gasteiger partial charge in [-0.25, -0.2) is 4.39 Å². The van der Waals surface area contributed by atoms with Crippen molar-refractivity contribution in [2.45, 2.75) is 20.8 Å². The van der Waals surface area contributed by atoms with Gasteiger partial charge in [0.2, 0.25) is 5.91 Å². The fourth-order valence-electron chi connectivity index (χ4n) is 3.27. The van der Waals surface area contributed by atoms with Crippen molar-refractivity contribution in [3.05, 3.63) is 60.1 Å². The second kappa shape index (κ2) is 8.30. The van der Waals surface area contributed by atoms with Gasteiger partial charge in [-0.3, -0.25) is 4.79 Å². The smallest absolute Gasteiger partial charge is 0.246 e. The summed E-state index contributed by atoms with van der Waals surface area (Å²) in [5.74, 6) is 0.316. The highest BCUT2D eigenvalue weighted by Gasteiger charge is 2.16. The van der Waals surface area contributed by atoms with E-state index >= 15 is 0 Å². The van der Waals surface area contributed by atoms with Crippen molar-refractivity contribution >= 4 is 22.4 Å². The summed E-state index contributed by atoms with van der Waals surface area (Å²) in [7, 11) is 1.59. The van der Waals surface area contributed by atoms with Gasteiger partial charge in [0.15, 0.2) is 0 Å². The lowest BCUT2D eigenvalue weighted by Gasteiger charge is -2.17. The van der Waals surface area contributed by atoms with Crippen molar-refractivity contribution in [3.63, 3.8) is 0 Å². The molecule has 0 atom stereocenters. The summed E-state index contributed by atoms with van der Waals surface area (Å²) in [5.41, 5.74) is 4.02. The molecule has 0 saturated heterocycles. The molecule has 0 aliphatic carbocycles. The van der Waals surface area contributed by atoms with Crippen molar-refractivity contribution in [1.82, 2.24) is 4.90 Å². The predicted molar refractivity (Wildman–Crippen MR) is 110 cm³/mol. The van der Waals surface area contributed by atoms with Crippen LogP contribution in [0.15, 0.2) is 53.2 Å². The quantitative estimate of drug-likeness (QED) is 0.528.